The van der Waals surface area contributed by atoms with Gasteiger partial charge < -0.3 is 20.7 Å². The fourth-order valence-corrected chi connectivity index (χ4v) is 4.76. The number of nitrogens with zero attached hydrogens (tertiary/aromatic N) is 3. The van der Waals surface area contributed by atoms with Gasteiger partial charge in [0.2, 0.25) is 11.8 Å². The number of carbonyl (C=O) groups is 1. The second-order valence-corrected chi connectivity index (χ2v) is 9.07. The normalized spacial score (nSPS) is 14.7. The molecular weight excluding hydrogens is 476 g/mol. The van der Waals surface area contributed by atoms with Crippen LogP contribution in [0.4, 0.5) is 20.4 Å². The summed E-state index contributed by atoms with van der Waals surface area (Å²) in [5.41, 5.74) is 7.89. The second kappa shape index (κ2) is 10.1. The Morgan fingerprint density at radius 1 is 1.20 bits per heavy atom. The number of anilines is 2. The van der Waals surface area contributed by atoms with E-state index in [2.05, 4.69) is 40.2 Å². The first-order chi connectivity index (χ1) is 16.7. The highest BCUT2D eigenvalue weighted by Gasteiger charge is 2.26. The van der Waals surface area contributed by atoms with Crippen LogP contribution in [0.15, 0.2) is 30.3 Å². The van der Waals surface area contributed by atoms with Gasteiger partial charge >= 0.3 is 0 Å². The molecule has 1 aliphatic heterocycles. The molecule has 1 saturated heterocycles. The van der Waals surface area contributed by atoms with Gasteiger partial charge in [-0.1, -0.05) is 17.7 Å². The summed E-state index contributed by atoms with van der Waals surface area (Å²) in [6.45, 7) is 4.18. The lowest BCUT2D eigenvalue weighted by Crippen LogP contribution is -2.29. The number of hydrogen-bond donors (Lipinski definition) is 2. The summed E-state index contributed by atoms with van der Waals surface area (Å²) in [6, 6.07) is 7.57. The van der Waals surface area contributed by atoms with Crippen LogP contribution >= 0.6 is 11.6 Å². The van der Waals surface area contributed by atoms with E-state index in [0.29, 0.717) is 17.7 Å². The number of nitrogens with one attached hydrogen (secondary N) is 1. The van der Waals surface area contributed by atoms with E-state index in [-0.39, 0.29) is 33.7 Å². The summed E-state index contributed by atoms with van der Waals surface area (Å²) < 4.78 is 33.6. The Balaban J connectivity index is 1.73. The molecule has 3 N–H and O–H groups in total. The van der Waals surface area contributed by atoms with Crippen molar-refractivity contribution in [1.29, 1.82) is 0 Å². The van der Waals surface area contributed by atoms with Crippen molar-refractivity contribution in [3.63, 3.8) is 0 Å². The lowest BCUT2D eigenvalue weighted by molar-refractivity contribution is 0.0997. The van der Waals surface area contributed by atoms with Crippen molar-refractivity contribution in [2.45, 2.75) is 25.7 Å². The Morgan fingerprint density at radius 3 is 2.51 bits per heavy atom. The predicted octanol–water partition coefficient (Wildman–Crippen LogP) is 5.04. The lowest BCUT2D eigenvalue weighted by atomic mass is 9.87. The summed E-state index contributed by atoms with van der Waals surface area (Å²) in [4.78, 5) is 23.1. The maximum atomic E-state index is 14.7. The van der Waals surface area contributed by atoms with Crippen LogP contribution in [0.5, 0.6) is 5.88 Å². The van der Waals surface area contributed by atoms with Crippen LogP contribution in [0.1, 0.15) is 40.2 Å². The Morgan fingerprint density at radius 2 is 1.91 bits per heavy atom. The monoisotopic (exact) mass is 501 g/mol. The molecule has 35 heavy (non-hydrogen) atoms. The maximum Gasteiger partial charge on any atom is 0.256 e. The SMILES string of the molecule is COc1nc(Nc2ccc(C3CCN(C)CC3)c(C)c2)nc(-c2c(F)cc(F)cc2Cl)c1C(N)=O. The van der Waals surface area contributed by atoms with E-state index >= 15 is 0 Å². The Kier molecular flexibility index (Phi) is 7.18. The second-order valence-electron chi connectivity index (χ2n) is 8.66. The molecule has 184 valence electrons. The zero-order valence-electron chi connectivity index (χ0n) is 19.7. The third-order valence-electron chi connectivity index (χ3n) is 6.24. The molecule has 1 fully saturated rings. The van der Waals surface area contributed by atoms with Crippen molar-refractivity contribution in [3.8, 4) is 17.1 Å². The van der Waals surface area contributed by atoms with Gasteiger partial charge in [0.1, 0.15) is 17.2 Å². The maximum absolute atomic E-state index is 14.7. The molecule has 10 heteroatoms. The topological polar surface area (TPSA) is 93.4 Å². The lowest BCUT2D eigenvalue weighted by Gasteiger charge is -2.30. The quantitative estimate of drug-likeness (QED) is 0.491. The molecule has 0 spiro atoms. The van der Waals surface area contributed by atoms with Gasteiger partial charge in [-0.15, -0.1) is 0 Å². The number of primary amides is 1. The zero-order valence-corrected chi connectivity index (χ0v) is 20.4. The molecule has 4 rings (SSSR count). The number of likely N-dealkylation sites (tertiary alicyclic amines) is 1. The van der Waals surface area contributed by atoms with E-state index in [1.54, 1.807) is 0 Å². The molecule has 0 aliphatic carbocycles. The Bertz CT molecular complexity index is 1260. The first-order valence-corrected chi connectivity index (χ1v) is 11.5. The number of aromatic nitrogens is 2. The average Bonchev–Trinajstić information content (AvgIpc) is 2.78. The number of halogens is 3. The zero-order chi connectivity index (χ0) is 25.3. The predicted molar refractivity (Wildman–Crippen MR) is 131 cm³/mol. The molecule has 2 heterocycles. The van der Waals surface area contributed by atoms with E-state index in [1.807, 2.05) is 12.1 Å². The number of aryl methyl sites for hydroxylation is 1. The summed E-state index contributed by atoms with van der Waals surface area (Å²) in [7, 11) is 3.43. The summed E-state index contributed by atoms with van der Waals surface area (Å²) in [5, 5.41) is 2.81. The molecule has 7 nitrogen and oxygen atoms in total. The molecular formula is C25H26ClF2N5O2. The van der Waals surface area contributed by atoms with E-state index in [0.717, 1.165) is 37.6 Å². The van der Waals surface area contributed by atoms with Gasteiger partial charge in [0, 0.05) is 11.8 Å². The summed E-state index contributed by atoms with van der Waals surface area (Å²) in [6.07, 6.45) is 2.21. The standard InChI is InChI=1S/C25H26ClF2N5O2/c1-13-10-16(4-5-17(13)14-6-8-33(2)9-7-14)30-25-31-22(21(23(29)34)24(32-25)35-3)20-18(26)11-15(27)12-19(20)28/h4-5,10-12,14H,6-9H2,1-3H3,(H2,29,34)(H,30,31,32). The van der Waals surface area contributed by atoms with Crippen LogP contribution in [-0.2, 0) is 0 Å². The van der Waals surface area contributed by atoms with Gasteiger partial charge in [-0.05, 0) is 75.1 Å². The van der Waals surface area contributed by atoms with Crippen molar-refractivity contribution < 1.29 is 18.3 Å². The minimum Gasteiger partial charge on any atom is -0.480 e. The summed E-state index contributed by atoms with van der Waals surface area (Å²) >= 11 is 6.12. The van der Waals surface area contributed by atoms with Crippen molar-refractivity contribution in [2.75, 3.05) is 32.6 Å². The minimum absolute atomic E-state index is 0.0353. The highest BCUT2D eigenvalue weighted by atomic mass is 35.5. The minimum atomic E-state index is -0.998. The third kappa shape index (κ3) is 5.21. The van der Waals surface area contributed by atoms with Gasteiger partial charge in [-0.2, -0.15) is 4.98 Å². The van der Waals surface area contributed by atoms with Gasteiger partial charge in [0.15, 0.2) is 0 Å². The highest BCUT2D eigenvalue weighted by Crippen LogP contribution is 2.37. The van der Waals surface area contributed by atoms with Gasteiger partial charge in [0.05, 0.1) is 23.4 Å². The van der Waals surface area contributed by atoms with Crippen molar-refractivity contribution in [1.82, 2.24) is 14.9 Å². The van der Waals surface area contributed by atoms with Crippen molar-refractivity contribution >= 4 is 29.1 Å². The molecule has 0 atom stereocenters. The van der Waals surface area contributed by atoms with Crippen molar-refractivity contribution in [3.05, 3.63) is 63.7 Å². The molecule has 0 radical (unpaired) electrons. The van der Waals surface area contributed by atoms with E-state index < -0.39 is 17.5 Å². The van der Waals surface area contributed by atoms with Crippen LogP contribution < -0.4 is 15.8 Å². The Hall–Kier alpha value is -3.30. The van der Waals surface area contributed by atoms with Gasteiger partial charge in [0.25, 0.3) is 5.91 Å². The van der Waals surface area contributed by atoms with E-state index in [4.69, 9.17) is 22.1 Å². The molecule has 1 amide bonds. The molecule has 1 aliphatic rings. The average molecular weight is 502 g/mol. The van der Waals surface area contributed by atoms with E-state index in [1.165, 1.54) is 12.7 Å². The fourth-order valence-electron chi connectivity index (χ4n) is 4.48. The molecule has 3 aromatic rings. The molecule has 0 unspecified atom stereocenters. The number of amides is 1. The summed E-state index contributed by atoms with van der Waals surface area (Å²) in [5.74, 6) is -2.43. The number of nitrogens with two attached hydrogens (primary N) is 1. The number of rotatable bonds is 6. The number of carbonyl (C=O) groups excluding carboxylic acids is 1. The smallest absolute Gasteiger partial charge is 0.256 e. The first kappa shape index (κ1) is 24.8. The molecule has 2 aromatic carbocycles. The van der Waals surface area contributed by atoms with Crippen LogP contribution in [-0.4, -0.2) is 48.0 Å². The van der Waals surface area contributed by atoms with Crippen LogP contribution in [0.25, 0.3) is 11.3 Å². The van der Waals surface area contributed by atoms with Gasteiger partial charge in [-0.25, -0.2) is 13.8 Å². The van der Waals surface area contributed by atoms with Crippen LogP contribution in [0.3, 0.4) is 0 Å². The number of piperidine rings is 1. The highest BCUT2D eigenvalue weighted by molar-refractivity contribution is 6.33. The number of benzene rings is 2. The first-order valence-electron chi connectivity index (χ1n) is 11.1. The van der Waals surface area contributed by atoms with Crippen LogP contribution in [0, 0.1) is 18.6 Å². The largest absolute Gasteiger partial charge is 0.480 e. The number of ether oxygens (including phenoxy) is 1. The van der Waals surface area contributed by atoms with E-state index in [9.17, 15) is 13.6 Å². The third-order valence-corrected chi connectivity index (χ3v) is 6.54. The van der Waals surface area contributed by atoms with Gasteiger partial charge in [-0.3, -0.25) is 4.79 Å². The molecule has 0 saturated carbocycles. The number of hydrogen-bond acceptors (Lipinski definition) is 6. The number of methoxy groups -OCH3 is 1. The fraction of sp³-hybridized carbons (Fsp3) is 0.320. The molecule has 1 aromatic heterocycles. The molecule has 0 bridgehead atoms. The van der Waals surface area contributed by atoms with Crippen molar-refractivity contribution in [2.24, 2.45) is 5.73 Å². The van der Waals surface area contributed by atoms with Crippen LogP contribution in [0.2, 0.25) is 5.02 Å². The Labute approximate surface area is 207 Å².